The molecule has 2 aromatic carbocycles. The summed E-state index contributed by atoms with van der Waals surface area (Å²) in [5.41, 5.74) is 2.73. The Morgan fingerprint density at radius 2 is 1.82 bits per heavy atom. The summed E-state index contributed by atoms with van der Waals surface area (Å²) < 4.78 is 5.12. The van der Waals surface area contributed by atoms with E-state index in [4.69, 9.17) is 4.42 Å². The van der Waals surface area contributed by atoms with Crippen LogP contribution in [-0.4, -0.2) is 16.1 Å². The molecular weight excluding hydrogens is 278 g/mol. The van der Waals surface area contributed by atoms with E-state index in [1.54, 1.807) is 0 Å². The van der Waals surface area contributed by atoms with Crippen LogP contribution in [-0.2, 0) is 11.2 Å². The van der Waals surface area contributed by atoms with Crippen LogP contribution in [0, 0.1) is 0 Å². The molecule has 22 heavy (non-hydrogen) atoms. The highest BCUT2D eigenvalue weighted by molar-refractivity contribution is 5.91. The summed E-state index contributed by atoms with van der Waals surface area (Å²) >= 11 is 0. The predicted molar refractivity (Wildman–Crippen MR) is 83.1 cm³/mol. The Morgan fingerprint density at radius 1 is 1.05 bits per heavy atom. The molecule has 3 rings (SSSR count). The maximum Gasteiger partial charge on any atom is 0.247 e. The molecule has 0 aliphatic rings. The van der Waals surface area contributed by atoms with Crippen LogP contribution in [0.15, 0.2) is 65.4 Å². The van der Waals surface area contributed by atoms with Crippen molar-refractivity contribution in [3.05, 3.63) is 66.6 Å². The van der Waals surface area contributed by atoms with Crippen molar-refractivity contribution in [2.75, 3.05) is 5.32 Å². The van der Waals surface area contributed by atoms with Crippen LogP contribution in [0.4, 0.5) is 5.69 Å². The average Bonchev–Trinajstić information content (AvgIpc) is 3.09. The molecule has 0 aliphatic heterocycles. The summed E-state index contributed by atoms with van der Waals surface area (Å²) in [6.07, 6.45) is 2.47. The zero-order valence-corrected chi connectivity index (χ0v) is 11.9. The third-order valence-corrected chi connectivity index (χ3v) is 3.26. The normalized spacial score (nSPS) is 10.4. The number of nitrogens with zero attached hydrogens (tertiary/aromatic N) is 2. The predicted octanol–water partition coefficient (Wildman–Crippen LogP) is 3.31. The third-order valence-electron chi connectivity index (χ3n) is 3.26. The number of rotatable bonds is 5. The second kappa shape index (κ2) is 6.67. The van der Waals surface area contributed by atoms with Crippen LogP contribution in [0.25, 0.3) is 11.5 Å². The Kier molecular flexibility index (Phi) is 4.25. The van der Waals surface area contributed by atoms with Gasteiger partial charge in [-0.05, 0) is 36.2 Å². The van der Waals surface area contributed by atoms with E-state index in [1.165, 1.54) is 6.39 Å². The first-order valence-electron chi connectivity index (χ1n) is 7.01. The molecule has 3 aromatic rings. The summed E-state index contributed by atoms with van der Waals surface area (Å²) in [4.78, 5) is 11.9. The zero-order valence-electron chi connectivity index (χ0n) is 11.9. The standard InChI is InChI=1S/C17H15N3O2/c21-16(11-6-13-4-2-1-3-5-13)19-15-9-7-14(8-10-15)17-20-18-12-22-17/h1-5,7-10,12H,6,11H2,(H,19,21). The number of anilines is 1. The lowest BCUT2D eigenvalue weighted by Crippen LogP contribution is -2.12. The Bertz CT molecular complexity index is 722. The summed E-state index contributed by atoms with van der Waals surface area (Å²) in [5, 5.41) is 10.4. The van der Waals surface area contributed by atoms with Gasteiger partial charge in [0.05, 0.1) is 0 Å². The van der Waals surface area contributed by atoms with Crippen molar-refractivity contribution in [2.24, 2.45) is 0 Å². The van der Waals surface area contributed by atoms with E-state index in [0.29, 0.717) is 12.3 Å². The van der Waals surface area contributed by atoms with Crippen molar-refractivity contribution in [2.45, 2.75) is 12.8 Å². The van der Waals surface area contributed by atoms with E-state index in [9.17, 15) is 4.79 Å². The first-order chi connectivity index (χ1) is 10.8. The molecule has 5 nitrogen and oxygen atoms in total. The molecule has 0 atom stereocenters. The first kappa shape index (κ1) is 14.0. The molecule has 0 bridgehead atoms. The van der Waals surface area contributed by atoms with Crippen LogP contribution < -0.4 is 5.32 Å². The van der Waals surface area contributed by atoms with E-state index in [-0.39, 0.29) is 5.91 Å². The fourth-order valence-corrected chi connectivity index (χ4v) is 2.12. The van der Waals surface area contributed by atoms with Gasteiger partial charge in [0.1, 0.15) is 0 Å². The van der Waals surface area contributed by atoms with Gasteiger partial charge in [-0.15, -0.1) is 10.2 Å². The number of amides is 1. The van der Waals surface area contributed by atoms with E-state index >= 15 is 0 Å². The number of benzene rings is 2. The van der Waals surface area contributed by atoms with E-state index < -0.39 is 0 Å². The highest BCUT2D eigenvalue weighted by Gasteiger charge is 2.05. The molecule has 110 valence electrons. The smallest absolute Gasteiger partial charge is 0.247 e. The molecule has 1 heterocycles. The molecule has 0 unspecified atom stereocenters. The Balaban J connectivity index is 1.55. The van der Waals surface area contributed by atoms with Crippen molar-refractivity contribution in [3.8, 4) is 11.5 Å². The van der Waals surface area contributed by atoms with Gasteiger partial charge in [-0.1, -0.05) is 30.3 Å². The molecule has 0 saturated heterocycles. The fourth-order valence-electron chi connectivity index (χ4n) is 2.12. The van der Waals surface area contributed by atoms with Gasteiger partial charge in [-0.25, -0.2) is 0 Å². The fraction of sp³-hybridized carbons (Fsp3) is 0.118. The van der Waals surface area contributed by atoms with Gasteiger partial charge < -0.3 is 9.73 Å². The van der Waals surface area contributed by atoms with E-state index in [0.717, 1.165) is 23.2 Å². The van der Waals surface area contributed by atoms with Crippen molar-refractivity contribution < 1.29 is 9.21 Å². The Hall–Kier alpha value is -2.95. The number of hydrogen-bond acceptors (Lipinski definition) is 4. The molecule has 0 spiro atoms. The second-order valence-corrected chi connectivity index (χ2v) is 4.86. The molecule has 1 amide bonds. The van der Waals surface area contributed by atoms with E-state index in [1.807, 2.05) is 54.6 Å². The largest absolute Gasteiger partial charge is 0.423 e. The van der Waals surface area contributed by atoms with Crippen molar-refractivity contribution in [1.29, 1.82) is 0 Å². The lowest BCUT2D eigenvalue weighted by Gasteiger charge is -2.06. The highest BCUT2D eigenvalue weighted by atomic mass is 16.4. The van der Waals surface area contributed by atoms with Gasteiger partial charge in [0.25, 0.3) is 0 Å². The molecule has 0 fully saturated rings. The minimum Gasteiger partial charge on any atom is -0.423 e. The monoisotopic (exact) mass is 293 g/mol. The average molecular weight is 293 g/mol. The lowest BCUT2D eigenvalue weighted by atomic mass is 10.1. The minimum absolute atomic E-state index is 0.00519. The number of aromatic nitrogens is 2. The van der Waals surface area contributed by atoms with Crippen LogP contribution >= 0.6 is 0 Å². The summed E-state index contributed by atoms with van der Waals surface area (Å²) in [6.45, 7) is 0. The van der Waals surface area contributed by atoms with Crippen molar-refractivity contribution in [1.82, 2.24) is 10.2 Å². The van der Waals surface area contributed by atoms with E-state index in [2.05, 4.69) is 15.5 Å². The summed E-state index contributed by atoms with van der Waals surface area (Å²) in [7, 11) is 0. The SMILES string of the molecule is O=C(CCc1ccccc1)Nc1ccc(-c2nnco2)cc1. The van der Waals surface area contributed by atoms with Gasteiger partial charge in [-0.3, -0.25) is 4.79 Å². The van der Waals surface area contributed by atoms with Gasteiger partial charge >= 0.3 is 0 Å². The summed E-state index contributed by atoms with van der Waals surface area (Å²) in [5.74, 6) is 0.455. The highest BCUT2D eigenvalue weighted by Crippen LogP contribution is 2.19. The molecule has 5 heteroatoms. The quantitative estimate of drug-likeness (QED) is 0.783. The molecule has 0 aliphatic carbocycles. The number of hydrogen-bond donors (Lipinski definition) is 1. The number of carbonyl (C=O) groups excluding carboxylic acids is 1. The molecule has 1 aromatic heterocycles. The maximum absolute atomic E-state index is 11.9. The second-order valence-electron chi connectivity index (χ2n) is 4.86. The van der Waals surface area contributed by atoms with Gasteiger partial charge in [0.2, 0.25) is 18.2 Å². The van der Waals surface area contributed by atoms with Gasteiger partial charge in [0.15, 0.2) is 0 Å². The Labute approximate surface area is 128 Å². The molecule has 1 N–H and O–H groups in total. The van der Waals surface area contributed by atoms with Crippen molar-refractivity contribution in [3.63, 3.8) is 0 Å². The van der Waals surface area contributed by atoms with Crippen LogP contribution in [0.1, 0.15) is 12.0 Å². The number of aryl methyl sites for hydroxylation is 1. The summed E-state index contributed by atoms with van der Waals surface area (Å²) in [6, 6.07) is 17.3. The first-order valence-corrected chi connectivity index (χ1v) is 7.01. The van der Waals surface area contributed by atoms with Crippen LogP contribution in [0.2, 0.25) is 0 Å². The maximum atomic E-state index is 11.9. The number of nitrogens with one attached hydrogen (secondary N) is 1. The molecular formula is C17H15N3O2. The lowest BCUT2D eigenvalue weighted by molar-refractivity contribution is -0.116. The molecule has 0 radical (unpaired) electrons. The van der Waals surface area contributed by atoms with Crippen LogP contribution in [0.3, 0.4) is 0 Å². The van der Waals surface area contributed by atoms with Gasteiger partial charge in [0, 0.05) is 17.7 Å². The zero-order chi connectivity index (χ0) is 15.2. The Morgan fingerprint density at radius 3 is 2.50 bits per heavy atom. The van der Waals surface area contributed by atoms with Gasteiger partial charge in [-0.2, -0.15) is 0 Å². The number of carbonyl (C=O) groups is 1. The third kappa shape index (κ3) is 3.58. The van der Waals surface area contributed by atoms with Crippen LogP contribution in [0.5, 0.6) is 0 Å². The topological polar surface area (TPSA) is 68.0 Å². The van der Waals surface area contributed by atoms with Crippen molar-refractivity contribution >= 4 is 11.6 Å². The molecule has 0 saturated carbocycles. The minimum atomic E-state index is -0.00519.